The molecule has 4 rings (SSSR count). The van der Waals surface area contributed by atoms with E-state index < -0.39 is 0 Å². The summed E-state index contributed by atoms with van der Waals surface area (Å²) >= 11 is 0. The summed E-state index contributed by atoms with van der Waals surface area (Å²) in [7, 11) is 0. The maximum Gasteiger partial charge on any atom is 0 e. The Morgan fingerprint density at radius 1 is 0.583 bits per heavy atom. The Hall–Kier alpha value is -0.652. The molecule has 0 aliphatic carbocycles. The largest absolute Gasteiger partial charge is 0.226 e. The van der Waals surface area contributed by atoms with Gasteiger partial charge in [0, 0.05) is 65.4 Å². The zero-order valence-corrected chi connectivity index (χ0v) is 18.8. The van der Waals surface area contributed by atoms with Crippen molar-refractivity contribution in [3.63, 3.8) is 0 Å². The van der Waals surface area contributed by atoms with Gasteiger partial charge < -0.3 is 0 Å². The first kappa shape index (κ1) is 19.7. The van der Waals surface area contributed by atoms with Crippen molar-refractivity contribution in [1.82, 2.24) is 0 Å². The summed E-state index contributed by atoms with van der Waals surface area (Å²) in [5.41, 5.74) is 4.21. The van der Waals surface area contributed by atoms with E-state index in [0.717, 1.165) is 33.0 Å². The molecule has 0 N–H and O–H groups in total. The van der Waals surface area contributed by atoms with Gasteiger partial charge in [-0.3, -0.25) is 0 Å². The third-order valence-corrected chi connectivity index (χ3v) is 3.68. The topological polar surface area (TPSA) is 0 Å². The van der Waals surface area contributed by atoms with Gasteiger partial charge in [-0.25, -0.2) is 22.3 Å². The molecule has 110 valence electrons. The van der Waals surface area contributed by atoms with Crippen LogP contribution in [0.5, 0.6) is 0 Å². The van der Waals surface area contributed by atoms with Gasteiger partial charge >= 0.3 is 0 Å². The average Bonchev–Trinajstić information content (AvgIpc) is 2.62. The molecule has 2 heteroatoms. The Kier molecular flexibility index (Phi) is 7.51. The van der Waals surface area contributed by atoms with Gasteiger partial charge in [-0.2, -0.15) is 84.2 Å². The van der Waals surface area contributed by atoms with E-state index >= 15 is 0 Å². The quantitative estimate of drug-likeness (QED) is 0.358. The third-order valence-electron chi connectivity index (χ3n) is 3.68. The summed E-state index contributed by atoms with van der Waals surface area (Å²) in [6.45, 7) is 0. The molecule has 0 saturated heterocycles. The summed E-state index contributed by atoms with van der Waals surface area (Å²) < 4.78 is 0. The zero-order chi connectivity index (χ0) is 14.8. The normalized spacial score (nSPS) is 9.83. The number of benzene rings is 4. The van der Waals surface area contributed by atoms with Crippen LogP contribution in [-0.4, -0.2) is 0 Å². The first-order valence-electron chi connectivity index (χ1n) is 7.22. The molecule has 0 amide bonds. The number of rotatable bonds is 2. The van der Waals surface area contributed by atoms with Crippen LogP contribution in [0.15, 0.2) is 72.8 Å². The van der Waals surface area contributed by atoms with Crippen molar-refractivity contribution in [2.75, 3.05) is 0 Å². The van der Waals surface area contributed by atoms with Crippen molar-refractivity contribution in [3.05, 3.63) is 97.1 Å². The maximum absolute atomic E-state index is 3.49. The van der Waals surface area contributed by atoms with Crippen molar-refractivity contribution in [2.24, 2.45) is 0 Å². The molecule has 4 aromatic carbocycles. The van der Waals surface area contributed by atoms with Gasteiger partial charge in [0.05, 0.1) is 0 Å². The monoisotopic (exact) mass is 454 g/mol. The molecule has 4 aromatic rings. The SMILES string of the molecule is [Y].[Y].[c-]1ccccc1-c1[c-]c2cc(-c3[c-]cccc3)[c-]cc2cc1. The Balaban J connectivity index is 0.00000104. The zero-order valence-electron chi connectivity index (χ0n) is 13.1. The molecule has 0 fully saturated rings. The van der Waals surface area contributed by atoms with Crippen LogP contribution in [-0.2, 0) is 65.4 Å². The molecular weight excluding hydrogens is 442 g/mol. The van der Waals surface area contributed by atoms with Crippen LogP contribution in [0.4, 0.5) is 0 Å². The van der Waals surface area contributed by atoms with Crippen LogP contribution < -0.4 is 0 Å². The van der Waals surface area contributed by atoms with Gasteiger partial charge in [0.15, 0.2) is 0 Å². The summed E-state index contributed by atoms with van der Waals surface area (Å²) in [5.74, 6) is 0. The fraction of sp³-hybridized carbons (Fsp3) is 0. The third kappa shape index (κ3) is 4.30. The summed E-state index contributed by atoms with van der Waals surface area (Å²) in [6, 6.07) is 37.6. The molecule has 24 heavy (non-hydrogen) atoms. The Morgan fingerprint density at radius 3 is 1.88 bits per heavy atom. The number of hydrogen-bond acceptors (Lipinski definition) is 0. The standard InChI is InChI=1S/C22H12.2Y/c1-3-7-17(8-4-1)20-13-11-19-12-14-21(16-22(19)15-20)18-9-5-2-6-10-18;;/h1-7,9,11-13,16H;;/q-4;;. The van der Waals surface area contributed by atoms with Crippen LogP contribution in [0.3, 0.4) is 0 Å². The van der Waals surface area contributed by atoms with E-state index in [0.29, 0.717) is 0 Å². The van der Waals surface area contributed by atoms with Crippen molar-refractivity contribution >= 4 is 10.8 Å². The second-order valence-corrected chi connectivity index (χ2v) is 5.14. The molecule has 0 aromatic heterocycles. The fourth-order valence-electron chi connectivity index (χ4n) is 2.54. The van der Waals surface area contributed by atoms with E-state index in [4.69, 9.17) is 0 Å². The first-order chi connectivity index (χ1) is 10.9. The first-order valence-corrected chi connectivity index (χ1v) is 7.22. The number of hydrogen-bond donors (Lipinski definition) is 0. The van der Waals surface area contributed by atoms with Gasteiger partial charge in [0.25, 0.3) is 0 Å². The van der Waals surface area contributed by atoms with Crippen LogP contribution in [0, 0.1) is 24.3 Å². The second kappa shape index (κ2) is 9.16. The van der Waals surface area contributed by atoms with Crippen molar-refractivity contribution in [3.8, 4) is 22.3 Å². The van der Waals surface area contributed by atoms with Crippen LogP contribution in [0.25, 0.3) is 33.0 Å². The molecule has 0 bridgehead atoms. The van der Waals surface area contributed by atoms with Gasteiger partial charge in [-0.05, 0) is 0 Å². The second-order valence-electron chi connectivity index (χ2n) is 5.14. The fourth-order valence-corrected chi connectivity index (χ4v) is 2.54. The number of fused-ring (bicyclic) bond motifs is 1. The predicted molar refractivity (Wildman–Crippen MR) is 90.2 cm³/mol. The van der Waals surface area contributed by atoms with E-state index in [1.165, 1.54) is 0 Å². The summed E-state index contributed by atoms with van der Waals surface area (Å²) in [5, 5.41) is 2.22. The molecule has 0 heterocycles. The van der Waals surface area contributed by atoms with E-state index in [-0.39, 0.29) is 65.4 Å². The van der Waals surface area contributed by atoms with Crippen molar-refractivity contribution < 1.29 is 65.4 Å². The van der Waals surface area contributed by atoms with Gasteiger partial charge in [0.1, 0.15) is 0 Å². The van der Waals surface area contributed by atoms with E-state index in [1.807, 2.05) is 48.5 Å². The Bertz CT molecular complexity index is 842. The average molecular weight is 454 g/mol. The molecule has 0 aliphatic rings. The molecule has 0 spiro atoms. The molecule has 0 aliphatic heterocycles. The summed E-state index contributed by atoms with van der Waals surface area (Å²) in [6.07, 6.45) is 0. The minimum atomic E-state index is 0. The maximum atomic E-state index is 3.49. The van der Waals surface area contributed by atoms with E-state index in [1.54, 1.807) is 0 Å². The van der Waals surface area contributed by atoms with Crippen molar-refractivity contribution in [1.29, 1.82) is 0 Å². The van der Waals surface area contributed by atoms with Crippen LogP contribution >= 0.6 is 0 Å². The molecule has 2 radical (unpaired) electrons. The van der Waals surface area contributed by atoms with E-state index in [9.17, 15) is 0 Å². The van der Waals surface area contributed by atoms with Crippen LogP contribution in [0.1, 0.15) is 0 Å². The van der Waals surface area contributed by atoms with Crippen LogP contribution in [0.2, 0.25) is 0 Å². The van der Waals surface area contributed by atoms with Gasteiger partial charge in [-0.1, -0.05) is 0 Å². The Morgan fingerprint density at radius 2 is 1.25 bits per heavy atom. The van der Waals surface area contributed by atoms with Gasteiger partial charge in [-0.15, -0.1) is 23.6 Å². The minimum absolute atomic E-state index is 0. The predicted octanol–water partition coefficient (Wildman–Crippen LogP) is 5.37. The molecular formula is C22H12Y2-4. The van der Waals surface area contributed by atoms with Gasteiger partial charge in [0.2, 0.25) is 0 Å². The van der Waals surface area contributed by atoms with Crippen molar-refractivity contribution in [2.45, 2.75) is 0 Å². The smallest absolute Gasteiger partial charge is 0 e. The summed E-state index contributed by atoms with van der Waals surface area (Å²) in [4.78, 5) is 0. The van der Waals surface area contributed by atoms with E-state index in [2.05, 4.69) is 48.5 Å². The Labute approximate surface area is 193 Å². The molecule has 0 nitrogen and oxygen atoms in total. The molecule has 0 saturated carbocycles. The minimum Gasteiger partial charge on any atom is -0.226 e. The molecule has 0 atom stereocenters. The molecule has 0 unspecified atom stereocenters.